The van der Waals surface area contributed by atoms with Gasteiger partial charge < -0.3 is 10.8 Å². The molecule has 1 aliphatic carbocycles. The second kappa shape index (κ2) is 7.81. The first-order chi connectivity index (χ1) is 16.6. The van der Waals surface area contributed by atoms with Gasteiger partial charge in [-0.05, 0) is 60.4 Å². The van der Waals surface area contributed by atoms with Crippen LogP contribution in [0.2, 0.25) is 0 Å². The van der Waals surface area contributed by atoms with Gasteiger partial charge in [0.1, 0.15) is 11.3 Å². The number of carboxylic acid groups (broad SMARTS) is 1. The van der Waals surface area contributed by atoms with Crippen molar-refractivity contribution in [3.63, 3.8) is 0 Å². The molecule has 1 unspecified atom stereocenters. The van der Waals surface area contributed by atoms with Crippen molar-refractivity contribution in [2.75, 3.05) is 5.73 Å². The number of aliphatic carboxylic acids is 1. The minimum Gasteiger partial charge on any atom is -0.481 e. The van der Waals surface area contributed by atoms with Crippen LogP contribution in [0, 0.1) is 0 Å². The largest absolute Gasteiger partial charge is 0.481 e. The van der Waals surface area contributed by atoms with Crippen LogP contribution in [-0.2, 0) is 11.2 Å². The third-order valence-corrected chi connectivity index (χ3v) is 6.41. The van der Waals surface area contributed by atoms with Crippen molar-refractivity contribution in [1.29, 1.82) is 0 Å². The number of nitrogen functional groups attached to an aromatic ring is 1. The third kappa shape index (κ3) is 3.21. The standard InChI is InChI=1S/C27H21N5O2/c28-24-21(7-4-14-29-24)25-31-23-13-12-22(16-5-2-1-3-6-16)30-26(23)32(25)18-9-11-19-17(15-18)8-10-20(19)27(33)34/h1-7,9,11-15,20H,8,10H2,(H2,28,29)(H,33,34). The molecular weight excluding hydrogens is 426 g/mol. The van der Waals surface area contributed by atoms with Crippen LogP contribution < -0.4 is 5.73 Å². The number of rotatable bonds is 4. The number of anilines is 1. The lowest BCUT2D eigenvalue weighted by atomic mass is 10.0. The number of nitrogens with zero attached hydrogens (tertiary/aromatic N) is 4. The van der Waals surface area contributed by atoms with Gasteiger partial charge in [0.05, 0.1) is 17.2 Å². The van der Waals surface area contributed by atoms with Gasteiger partial charge in [0, 0.05) is 17.4 Å². The molecule has 0 spiro atoms. The van der Waals surface area contributed by atoms with E-state index < -0.39 is 11.9 Å². The maximum Gasteiger partial charge on any atom is 0.310 e. The summed E-state index contributed by atoms with van der Waals surface area (Å²) < 4.78 is 1.99. The number of carboxylic acids is 1. The number of imidazole rings is 1. The quantitative estimate of drug-likeness (QED) is 0.408. The summed E-state index contributed by atoms with van der Waals surface area (Å²) in [6.45, 7) is 0. The smallest absolute Gasteiger partial charge is 0.310 e. The first-order valence-corrected chi connectivity index (χ1v) is 11.1. The van der Waals surface area contributed by atoms with E-state index in [1.807, 2.05) is 77.4 Å². The topological polar surface area (TPSA) is 107 Å². The van der Waals surface area contributed by atoms with E-state index in [1.165, 1.54) is 0 Å². The van der Waals surface area contributed by atoms with Crippen molar-refractivity contribution in [2.45, 2.75) is 18.8 Å². The Labute approximate surface area is 195 Å². The SMILES string of the molecule is Nc1ncccc1-c1nc2ccc(-c3ccccc3)nc2n1-c1ccc2c(c1)CCC2C(=O)O. The molecule has 0 aliphatic heterocycles. The molecule has 1 aliphatic rings. The highest BCUT2D eigenvalue weighted by Crippen LogP contribution is 2.37. The third-order valence-electron chi connectivity index (χ3n) is 6.41. The van der Waals surface area contributed by atoms with E-state index in [4.69, 9.17) is 15.7 Å². The minimum atomic E-state index is -0.780. The Morgan fingerprint density at radius 2 is 1.85 bits per heavy atom. The minimum absolute atomic E-state index is 0.384. The van der Waals surface area contributed by atoms with Crippen molar-refractivity contribution >= 4 is 23.0 Å². The summed E-state index contributed by atoms with van der Waals surface area (Å²) in [4.78, 5) is 25.8. The van der Waals surface area contributed by atoms with Gasteiger partial charge in [0.15, 0.2) is 11.5 Å². The maximum absolute atomic E-state index is 11.7. The molecule has 0 bridgehead atoms. The van der Waals surface area contributed by atoms with Gasteiger partial charge in [0.2, 0.25) is 0 Å². The van der Waals surface area contributed by atoms with E-state index in [9.17, 15) is 9.90 Å². The molecule has 0 fully saturated rings. The molecule has 5 aromatic rings. The zero-order valence-corrected chi connectivity index (χ0v) is 18.2. The van der Waals surface area contributed by atoms with Gasteiger partial charge >= 0.3 is 5.97 Å². The number of benzene rings is 2. The molecule has 0 saturated carbocycles. The summed E-state index contributed by atoms with van der Waals surface area (Å²) in [6, 6.07) is 23.6. The summed E-state index contributed by atoms with van der Waals surface area (Å²) in [6.07, 6.45) is 2.98. The maximum atomic E-state index is 11.7. The molecule has 7 nitrogen and oxygen atoms in total. The monoisotopic (exact) mass is 447 g/mol. The Bertz CT molecular complexity index is 1560. The van der Waals surface area contributed by atoms with Crippen LogP contribution in [0.1, 0.15) is 23.5 Å². The molecule has 166 valence electrons. The highest BCUT2D eigenvalue weighted by molar-refractivity contribution is 5.85. The van der Waals surface area contributed by atoms with Crippen molar-refractivity contribution in [3.05, 3.63) is 90.1 Å². The molecule has 7 heteroatoms. The van der Waals surface area contributed by atoms with Gasteiger partial charge in [-0.25, -0.2) is 15.0 Å². The van der Waals surface area contributed by atoms with Gasteiger partial charge in [-0.1, -0.05) is 36.4 Å². The lowest BCUT2D eigenvalue weighted by molar-refractivity contribution is -0.138. The predicted molar refractivity (Wildman–Crippen MR) is 131 cm³/mol. The second-order valence-corrected chi connectivity index (χ2v) is 8.42. The predicted octanol–water partition coefficient (Wildman–Crippen LogP) is 4.85. The molecule has 0 saturated heterocycles. The molecular formula is C27H21N5O2. The van der Waals surface area contributed by atoms with E-state index in [0.29, 0.717) is 29.3 Å². The van der Waals surface area contributed by atoms with E-state index in [0.717, 1.165) is 40.0 Å². The number of fused-ring (bicyclic) bond motifs is 2. The van der Waals surface area contributed by atoms with Crippen molar-refractivity contribution in [3.8, 4) is 28.3 Å². The molecule has 1 atom stereocenters. The summed E-state index contributed by atoms with van der Waals surface area (Å²) in [5, 5.41) is 9.57. The Morgan fingerprint density at radius 1 is 1.00 bits per heavy atom. The van der Waals surface area contributed by atoms with Crippen LogP contribution in [0.4, 0.5) is 5.82 Å². The Morgan fingerprint density at radius 3 is 2.65 bits per heavy atom. The van der Waals surface area contributed by atoms with Crippen molar-refractivity contribution in [1.82, 2.24) is 19.5 Å². The average Bonchev–Trinajstić information content (AvgIpc) is 3.45. The molecule has 3 aromatic heterocycles. The molecule has 0 radical (unpaired) electrons. The summed E-state index contributed by atoms with van der Waals surface area (Å²) in [5.74, 6) is -0.210. The fraction of sp³-hybridized carbons (Fsp3) is 0.111. The summed E-state index contributed by atoms with van der Waals surface area (Å²) >= 11 is 0. The van der Waals surface area contributed by atoms with Crippen molar-refractivity contribution in [2.24, 2.45) is 0 Å². The highest BCUT2D eigenvalue weighted by Gasteiger charge is 2.29. The first-order valence-electron chi connectivity index (χ1n) is 11.1. The van der Waals surface area contributed by atoms with Gasteiger partial charge in [-0.15, -0.1) is 0 Å². The van der Waals surface area contributed by atoms with Crippen LogP contribution >= 0.6 is 0 Å². The van der Waals surface area contributed by atoms with Crippen LogP contribution in [0.3, 0.4) is 0 Å². The molecule has 2 aromatic carbocycles. The summed E-state index contributed by atoms with van der Waals surface area (Å²) in [7, 11) is 0. The first kappa shape index (κ1) is 20.1. The number of pyridine rings is 2. The second-order valence-electron chi connectivity index (χ2n) is 8.42. The fourth-order valence-electron chi connectivity index (χ4n) is 4.76. The van der Waals surface area contributed by atoms with E-state index >= 15 is 0 Å². The van der Waals surface area contributed by atoms with Crippen LogP contribution in [0.25, 0.3) is 39.5 Å². The highest BCUT2D eigenvalue weighted by atomic mass is 16.4. The zero-order valence-electron chi connectivity index (χ0n) is 18.2. The average molecular weight is 447 g/mol. The number of aromatic nitrogens is 4. The Kier molecular flexibility index (Phi) is 4.62. The van der Waals surface area contributed by atoms with Crippen molar-refractivity contribution < 1.29 is 9.90 Å². The molecule has 3 N–H and O–H groups in total. The molecule has 0 amide bonds. The number of hydrogen-bond acceptors (Lipinski definition) is 5. The number of nitrogens with two attached hydrogens (primary N) is 1. The molecule has 34 heavy (non-hydrogen) atoms. The molecule has 6 rings (SSSR count). The zero-order chi connectivity index (χ0) is 23.2. The lowest BCUT2D eigenvalue weighted by Gasteiger charge is -2.13. The van der Waals surface area contributed by atoms with E-state index in [-0.39, 0.29) is 0 Å². The number of carbonyl (C=O) groups is 1. The van der Waals surface area contributed by atoms with Crippen LogP contribution in [-0.4, -0.2) is 30.6 Å². The van der Waals surface area contributed by atoms with E-state index in [1.54, 1.807) is 6.20 Å². The Hall–Kier alpha value is -4.52. The Balaban J connectivity index is 1.60. The normalized spacial score (nSPS) is 14.9. The van der Waals surface area contributed by atoms with E-state index in [2.05, 4.69) is 4.98 Å². The number of hydrogen-bond donors (Lipinski definition) is 2. The number of aryl methyl sites for hydroxylation is 1. The van der Waals surface area contributed by atoms with Crippen LogP contribution in [0.15, 0.2) is 79.0 Å². The lowest BCUT2D eigenvalue weighted by Crippen LogP contribution is -2.08. The van der Waals surface area contributed by atoms with Crippen LogP contribution in [0.5, 0.6) is 0 Å². The summed E-state index contributed by atoms with van der Waals surface area (Å²) in [5.41, 5.74) is 13.0. The molecule has 3 heterocycles. The fourth-order valence-corrected chi connectivity index (χ4v) is 4.76. The van der Waals surface area contributed by atoms with Gasteiger partial charge in [-0.3, -0.25) is 9.36 Å². The van der Waals surface area contributed by atoms with Gasteiger partial charge in [0.25, 0.3) is 0 Å². The van der Waals surface area contributed by atoms with Gasteiger partial charge in [-0.2, -0.15) is 0 Å².